The van der Waals surface area contributed by atoms with Gasteiger partial charge in [-0.2, -0.15) is 0 Å². The fourth-order valence-corrected chi connectivity index (χ4v) is 4.39. The van der Waals surface area contributed by atoms with E-state index in [-0.39, 0.29) is 11.5 Å². The van der Waals surface area contributed by atoms with Crippen molar-refractivity contribution in [2.24, 2.45) is 4.99 Å². The number of aryl methyl sites for hydroxylation is 1. The molecule has 0 aromatic heterocycles. The molecule has 4 rings (SSSR count). The maximum absolute atomic E-state index is 12.7. The monoisotopic (exact) mass is 492 g/mol. The highest BCUT2D eigenvalue weighted by molar-refractivity contribution is 8.18. The minimum absolute atomic E-state index is 0.177. The van der Waals surface area contributed by atoms with E-state index in [1.807, 2.05) is 37.3 Å². The molecule has 0 spiro atoms. The molecule has 34 heavy (non-hydrogen) atoms. The zero-order valence-electron chi connectivity index (χ0n) is 18.5. The molecule has 0 atom stereocenters. The SMILES string of the molecule is Cc1ccc(COc2ccc(/C=C3\SC(=Nc4ccc(C(=O)O)cc4)N(C)C3=O)cc2Cl)cc1. The van der Waals surface area contributed by atoms with Gasteiger partial charge in [0.05, 0.1) is 21.2 Å². The number of aromatic carboxylic acids is 1. The summed E-state index contributed by atoms with van der Waals surface area (Å²) < 4.78 is 5.84. The van der Waals surface area contributed by atoms with Crippen LogP contribution < -0.4 is 4.74 Å². The van der Waals surface area contributed by atoms with E-state index in [2.05, 4.69) is 4.99 Å². The molecule has 0 saturated carbocycles. The highest BCUT2D eigenvalue weighted by Crippen LogP contribution is 2.34. The van der Waals surface area contributed by atoms with E-state index in [1.165, 1.54) is 34.4 Å². The molecule has 3 aromatic carbocycles. The van der Waals surface area contributed by atoms with Crippen LogP contribution in [0.1, 0.15) is 27.0 Å². The molecule has 0 aliphatic carbocycles. The number of amides is 1. The lowest BCUT2D eigenvalue weighted by Crippen LogP contribution is -2.23. The topological polar surface area (TPSA) is 79.2 Å². The Labute approximate surface area is 206 Å². The summed E-state index contributed by atoms with van der Waals surface area (Å²) in [4.78, 5) is 30.2. The minimum atomic E-state index is -1.00. The van der Waals surface area contributed by atoms with E-state index in [1.54, 1.807) is 37.4 Å². The van der Waals surface area contributed by atoms with Crippen LogP contribution in [-0.4, -0.2) is 34.1 Å². The molecule has 0 bridgehead atoms. The number of likely N-dealkylation sites (N-methyl/N-ethyl adjacent to an activating group) is 1. The number of ether oxygens (including phenoxy) is 1. The smallest absolute Gasteiger partial charge is 0.335 e. The summed E-state index contributed by atoms with van der Waals surface area (Å²) >= 11 is 7.66. The molecular formula is C26H21ClN2O4S. The second-order valence-electron chi connectivity index (χ2n) is 7.69. The van der Waals surface area contributed by atoms with Gasteiger partial charge >= 0.3 is 5.97 Å². The van der Waals surface area contributed by atoms with E-state index in [0.717, 1.165) is 11.1 Å². The van der Waals surface area contributed by atoms with Crippen LogP contribution >= 0.6 is 23.4 Å². The number of carbonyl (C=O) groups is 2. The van der Waals surface area contributed by atoms with Gasteiger partial charge in [0.15, 0.2) is 5.17 Å². The molecule has 0 radical (unpaired) electrons. The Morgan fingerprint density at radius 2 is 1.82 bits per heavy atom. The number of carbonyl (C=O) groups excluding carboxylic acids is 1. The fourth-order valence-electron chi connectivity index (χ4n) is 3.16. The molecule has 8 heteroatoms. The average molecular weight is 493 g/mol. The van der Waals surface area contributed by atoms with Gasteiger partial charge in [0, 0.05) is 7.05 Å². The second kappa shape index (κ2) is 10.2. The van der Waals surface area contributed by atoms with Crippen LogP contribution in [0.5, 0.6) is 5.75 Å². The van der Waals surface area contributed by atoms with Crippen LogP contribution in [-0.2, 0) is 11.4 Å². The number of amidine groups is 1. The van der Waals surface area contributed by atoms with Crippen LogP contribution in [0.4, 0.5) is 5.69 Å². The molecular weight excluding hydrogens is 472 g/mol. The maximum atomic E-state index is 12.7. The third-order valence-corrected chi connectivity index (χ3v) is 6.47. The van der Waals surface area contributed by atoms with Gasteiger partial charge in [-0.05, 0) is 72.3 Å². The number of hydrogen-bond acceptors (Lipinski definition) is 5. The van der Waals surface area contributed by atoms with Crippen LogP contribution in [0.2, 0.25) is 5.02 Å². The number of aliphatic imine (C=N–C) groups is 1. The highest BCUT2D eigenvalue weighted by Gasteiger charge is 2.30. The Bertz CT molecular complexity index is 1300. The molecule has 0 unspecified atom stereocenters. The summed E-state index contributed by atoms with van der Waals surface area (Å²) in [6.07, 6.45) is 1.76. The van der Waals surface area contributed by atoms with Gasteiger partial charge in [0.1, 0.15) is 12.4 Å². The van der Waals surface area contributed by atoms with Gasteiger partial charge in [-0.15, -0.1) is 0 Å². The molecule has 1 fully saturated rings. The number of rotatable bonds is 6. The zero-order valence-corrected chi connectivity index (χ0v) is 20.1. The predicted octanol–water partition coefficient (Wildman–Crippen LogP) is 6.16. The lowest BCUT2D eigenvalue weighted by Gasteiger charge is -2.09. The summed E-state index contributed by atoms with van der Waals surface area (Å²) in [5, 5.41) is 9.98. The normalized spacial score (nSPS) is 15.9. The number of carboxylic acids is 1. The molecule has 1 saturated heterocycles. The molecule has 1 aliphatic rings. The number of halogens is 1. The largest absolute Gasteiger partial charge is 0.487 e. The zero-order chi connectivity index (χ0) is 24.2. The van der Waals surface area contributed by atoms with E-state index in [4.69, 9.17) is 21.4 Å². The first-order valence-corrected chi connectivity index (χ1v) is 11.6. The number of benzene rings is 3. The Hall–Kier alpha value is -3.55. The molecule has 3 aromatic rings. The summed E-state index contributed by atoms with van der Waals surface area (Å²) in [5.41, 5.74) is 3.74. The number of hydrogen-bond donors (Lipinski definition) is 1. The lowest BCUT2D eigenvalue weighted by atomic mass is 10.1. The van der Waals surface area contributed by atoms with E-state index >= 15 is 0 Å². The van der Waals surface area contributed by atoms with Crippen molar-refractivity contribution in [1.82, 2.24) is 4.90 Å². The van der Waals surface area contributed by atoms with Crippen LogP contribution in [0.25, 0.3) is 6.08 Å². The Morgan fingerprint density at radius 1 is 1.12 bits per heavy atom. The van der Waals surface area contributed by atoms with Crippen LogP contribution in [0.15, 0.2) is 76.6 Å². The molecule has 1 aliphatic heterocycles. The Kier molecular flexibility index (Phi) is 7.05. The van der Waals surface area contributed by atoms with E-state index in [0.29, 0.717) is 33.1 Å². The second-order valence-corrected chi connectivity index (χ2v) is 9.10. The standard InChI is InChI=1S/C26H21ClN2O4S/c1-16-3-5-17(6-4-16)15-33-22-12-7-18(13-21(22)27)14-23-24(30)29(2)26(34-23)28-20-10-8-19(9-11-20)25(31)32/h3-14H,15H2,1-2H3,(H,31,32)/b23-14-,28-26?. The number of thioether (sulfide) groups is 1. The van der Waals surface area contributed by atoms with Crippen LogP contribution in [0, 0.1) is 6.92 Å². The van der Waals surface area contributed by atoms with Crippen molar-refractivity contribution < 1.29 is 19.4 Å². The third-order valence-electron chi connectivity index (χ3n) is 5.11. The fraction of sp³-hybridized carbons (Fsp3) is 0.115. The minimum Gasteiger partial charge on any atom is -0.487 e. The van der Waals surface area contributed by atoms with Gasteiger partial charge in [-0.25, -0.2) is 9.79 Å². The van der Waals surface area contributed by atoms with Crippen molar-refractivity contribution in [1.29, 1.82) is 0 Å². The summed E-state index contributed by atoms with van der Waals surface area (Å²) in [6.45, 7) is 2.44. The van der Waals surface area contributed by atoms with Gasteiger partial charge in [-0.1, -0.05) is 47.5 Å². The van der Waals surface area contributed by atoms with Gasteiger partial charge < -0.3 is 9.84 Å². The summed E-state index contributed by atoms with van der Waals surface area (Å²) in [6, 6.07) is 19.6. The van der Waals surface area contributed by atoms with Gasteiger partial charge in [-0.3, -0.25) is 9.69 Å². The van der Waals surface area contributed by atoms with Crippen molar-refractivity contribution in [2.75, 3.05) is 7.05 Å². The number of carboxylic acid groups (broad SMARTS) is 1. The van der Waals surface area contributed by atoms with Crippen LogP contribution in [0.3, 0.4) is 0 Å². The van der Waals surface area contributed by atoms with Crippen molar-refractivity contribution in [3.05, 3.63) is 98.9 Å². The van der Waals surface area contributed by atoms with Crippen molar-refractivity contribution >= 4 is 52.2 Å². The van der Waals surface area contributed by atoms with Gasteiger partial charge in [0.25, 0.3) is 5.91 Å². The predicted molar refractivity (Wildman–Crippen MR) is 136 cm³/mol. The van der Waals surface area contributed by atoms with Gasteiger partial charge in [0.2, 0.25) is 0 Å². The molecule has 1 heterocycles. The maximum Gasteiger partial charge on any atom is 0.335 e. The molecule has 6 nitrogen and oxygen atoms in total. The first-order chi connectivity index (χ1) is 16.3. The lowest BCUT2D eigenvalue weighted by molar-refractivity contribution is -0.121. The quantitative estimate of drug-likeness (QED) is 0.417. The van der Waals surface area contributed by atoms with E-state index in [9.17, 15) is 9.59 Å². The number of nitrogens with zero attached hydrogens (tertiary/aromatic N) is 2. The average Bonchev–Trinajstić information content (AvgIpc) is 3.07. The first kappa shape index (κ1) is 23.6. The third kappa shape index (κ3) is 5.50. The summed E-state index contributed by atoms with van der Waals surface area (Å²) in [7, 11) is 1.65. The van der Waals surface area contributed by atoms with Crippen molar-refractivity contribution in [3.63, 3.8) is 0 Å². The first-order valence-electron chi connectivity index (χ1n) is 10.4. The Morgan fingerprint density at radius 3 is 2.47 bits per heavy atom. The van der Waals surface area contributed by atoms with Crippen molar-refractivity contribution in [2.45, 2.75) is 13.5 Å². The highest BCUT2D eigenvalue weighted by atomic mass is 35.5. The molecule has 1 N–H and O–H groups in total. The molecule has 172 valence electrons. The molecule has 1 amide bonds. The van der Waals surface area contributed by atoms with E-state index < -0.39 is 5.97 Å². The Balaban J connectivity index is 1.47. The van der Waals surface area contributed by atoms with Crippen molar-refractivity contribution in [3.8, 4) is 5.75 Å². The summed E-state index contributed by atoms with van der Waals surface area (Å²) in [5.74, 6) is -0.613.